The number of amides is 2. The maximum absolute atomic E-state index is 12.3. The minimum atomic E-state index is -0.225. The van der Waals surface area contributed by atoms with Crippen LogP contribution >= 0.6 is 0 Å². The number of fused-ring (bicyclic) bond motifs is 1. The number of carbonyl (C=O) groups is 1. The number of nitrogens with one attached hydrogen (secondary N) is 2. The maximum Gasteiger partial charge on any atom is 0.319 e. The molecule has 25 heavy (non-hydrogen) atoms. The molecule has 4 rings (SSSR count). The van der Waals surface area contributed by atoms with Crippen molar-refractivity contribution in [2.24, 2.45) is 0 Å². The van der Waals surface area contributed by atoms with Gasteiger partial charge in [0.2, 0.25) is 0 Å². The van der Waals surface area contributed by atoms with E-state index in [1.165, 1.54) is 12.8 Å². The molecule has 2 aromatic rings. The number of anilines is 2. The van der Waals surface area contributed by atoms with E-state index >= 15 is 0 Å². The van der Waals surface area contributed by atoms with Gasteiger partial charge in [0, 0.05) is 25.1 Å². The van der Waals surface area contributed by atoms with Gasteiger partial charge in [0.25, 0.3) is 0 Å². The fraction of sp³-hybridized carbons (Fsp3) is 0.368. The van der Waals surface area contributed by atoms with Crippen LogP contribution in [0.2, 0.25) is 0 Å². The number of pyridine rings is 1. The van der Waals surface area contributed by atoms with Gasteiger partial charge < -0.3 is 20.3 Å². The fourth-order valence-electron chi connectivity index (χ4n) is 3.41. The molecule has 1 saturated heterocycles. The molecule has 0 aliphatic carbocycles. The van der Waals surface area contributed by atoms with Crippen LogP contribution in [0.3, 0.4) is 0 Å². The van der Waals surface area contributed by atoms with Gasteiger partial charge in [0.1, 0.15) is 11.6 Å². The van der Waals surface area contributed by atoms with Crippen LogP contribution < -0.4 is 20.3 Å². The first-order valence-electron chi connectivity index (χ1n) is 8.80. The van der Waals surface area contributed by atoms with Crippen LogP contribution in [0.5, 0.6) is 5.75 Å². The molecule has 3 heterocycles. The van der Waals surface area contributed by atoms with Gasteiger partial charge in [-0.3, -0.25) is 0 Å². The van der Waals surface area contributed by atoms with Gasteiger partial charge in [-0.25, -0.2) is 9.78 Å². The Kier molecular flexibility index (Phi) is 4.41. The van der Waals surface area contributed by atoms with E-state index < -0.39 is 0 Å². The number of carbonyl (C=O) groups excluding carboxylic acids is 1. The average Bonchev–Trinajstić information content (AvgIpc) is 3.17. The lowest BCUT2D eigenvalue weighted by Gasteiger charge is -2.26. The number of nitrogens with zero attached hydrogens (tertiary/aromatic N) is 2. The van der Waals surface area contributed by atoms with E-state index in [1.54, 1.807) is 6.20 Å². The molecule has 6 heteroatoms. The summed E-state index contributed by atoms with van der Waals surface area (Å²) in [5.74, 6) is 1.82. The summed E-state index contributed by atoms with van der Waals surface area (Å²) in [5, 5.41) is 5.89. The molecule has 130 valence electrons. The standard InChI is InChI=1S/C19H22N4O2/c24-19(22-16-9-12-25-17-6-2-1-5-15(16)17)21-14-7-8-18(20-13-14)23-10-3-4-11-23/h1-2,5-8,13,16H,3-4,9-12H2,(H2,21,22,24). The summed E-state index contributed by atoms with van der Waals surface area (Å²) < 4.78 is 5.63. The predicted octanol–water partition coefficient (Wildman–Crippen LogP) is 3.33. The summed E-state index contributed by atoms with van der Waals surface area (Å²) >= 11 is 0. The number of hydrogen-bond donors (Lipinski definition) is 2. The Labute approximate surface area is 147 Å². The molecule has 6 nitrogen and oxygen atoms in total. The minimum Gasteiger partial charge on any atom is -0.493 e. The van der Waals surface area contributed by atoms with Crippen molar-refractivity contribution in [1.82, 2.24) is 10.3 Å². The molecule has 2 aliphatic heterocycles. The minimum absolute atomic E-state index is 0.0400. The summed E-state index contributed by atoms with van der Waals surface area (Å²) in [4.78, 5) is 19.1. The van der Waals surface area contributed by atoms with E-state index in [4.69, 9.17) is 4.74 Å². The van der Waals surface area contributed by atoms with Gasteiger partial charge in [-0.2, -0.15) is 0 Å². The second-order valence-corrected chi connectivity index (χ2v) is 6.43. The molecule has 1 atom stereocenters. The topological polar surface area (TPSA) is 66.5 Å². The Bertz CT molecular complexity index is 741. The Morgan fingerprint density at radius 1 is 1.16 bits per heavy atom. The lowest BCUT2D eigenvalue weighted by atomic mass is 10.0. The third kappa shape index (κ3) is 3.52. The third-order valence-corrected chi connectivity index (χ3v) is 4.70. The van der Waals surface area contributed by atoms with Crippen LogP contribution in [-0.2, 0) is 0 Å². The molecule has 1 aromatic carbocycles. The Balaban J connectivity index is 1.38. The SMILES string of the molecule is O=C(Nc1ccc(N2CCCC2)nc1)NC1CCOc2ccccc21. The quantitative estimate of drug-likeness (QED) is 0.901. The number of urea groups is 1. The molecule has 0 radical (unpaired) electrons. The molecule has 0 saturated carbocycles. The van der Waals surface area contributed by atoms with Gasteiger partial charge in [-0.15, -0.1) is 0 Å². The smallest absolute Gasteiger partial charge is 0.319 e. The van der Waals surface area contributed by atoms with Gasteiger partial charge in [0.05, 0.1) is 24.5 Å². The van der Waals surface area contributed by atoms with E-state index in [9.17, 15) is 4.79 Å². The van der Waals surface area contributed by atoms with Crippen molar-refractivity contribution in [1.29, 1.82) is 0 Å². The molecule has 1 aromatic heterocycles. The second-order valence-electron chi connectivity index (χ2n) is 6.43. The summed E-state index contributed by atoms with van der Waals surface area (Å²) in [6.07, 6.45) is 4.91. The second kappa shape index (κ2) is 7.01. The number of hydrogen-bond acceptors (Lipinski definition) is 4. The molecular weight excluding hydrogens is 316 g/mol. The Hall–Kier alpha value is -2.76. The molecule has 2 aliphatic rings. The van der Waals surface area contributed by atoms with Crippen molar-refractivity contribution >= 4 is 17.5 Å². The van der Waals surface area contributed by atoms with Crippen LogP contribution in [0.25, 0.3) is 0 Å². The van der Waals surface area contributed by atoms with Crippen LogP contribution in [0.1, 0.15) is 30.9 Å². The molecule has 1 unspecified atom stereocenters. The van der Waals surface area contributed by atoms with Crippen LogP contribution in [0.4, 0.5) is 16.3 Å². The van der Waals surface area contributed by atoms with Crippen LogP contribution in [0, 0.1) is 0 Å². The lowest BCUT2D eigenvalue weighted by Crippen LogP contribution is -2.35. The van der Waals surface area contributed by atoms with Crippen molar-refractivity contribution in [3.63, 3.8) is 0 Å². The maximum atomic E-state index is 12.3. The summed E-state index contributed by atoms with van der Waals surface area (Å²) in [5.41, 5.74) is 1.71. The van der Waals surface area contributed by atoms with Crippen LogP contribution in [0.15, 0.2) is 42.6 Å². The fourth-order valence-corrected chi connectivity index (χ4v) is 3.41. The van der Waals surface area contributed by atoms with E-state index in [1.807, 2.05) is 36.4 Å². The molecule has 1 fully saturated rings. The average molecular weight is 338 g/mol. The van der Waals surface area contributed by atoms with E-state index in [0.717, 1.165) is 36.6 Å². The highest BCUT2D eigenvalue weighted by Crippen LogP contribution is 2.31. The first-order chi connectivity index (χ1) is 12.3. The zero-order valence-electron chi connectivity index (χ0n) is 14.1. The van der Waals surface area contributed by atoms with Crippen molar-refractivity contribution in [2.45, 2.75) is 25.3 Å². The first-order valence-corrected chi connectivity index (χ1v) is 8.80. The number of ether oxygens (including phenoxy) is 1. The zero-order valence-corrected chi connectivity index (χ0v) is 14.1. The van der Waals surface area contributed by atoms with Gasteiger partial charge in [-0.1, -0.05) is 18.2 Å². The molecule has 0 spiro atoms. The summed E-state index contributed by atoms with van der Waals surface area (Å²) in [6.45, 7) is 2.72. The van der Waals surface area contributed by atoms with Gasteiger partial charge in [0.15, 0.2) is 0 Å². The van der Waals surface area contributed by atoms with Gasteiger partial charge >= 0.3 is 6.03 Å². The summed E-state index contributed by atoms with van der Waals surface area (Å²) in [7, 11) is 0. The molecule has 0 bridgehead atoms. The van der Waals surface area contributed by atoms with Crippen molar-refractivity contribution in [3.05, 3.63) is 48.2 Å². The van der Waals surface area contributed by atoms with E-state index in [-0.39, 0.29) is 12.1 Å². The van der Waals surface area contributed by atoms with Crippen LogP contribution in [-0.4, -0.2) is 30.7 Å². The Morgan fingerprint density at radius 3 is 2.80 bits per heavy atom. The summed E-state index contributed by atoms with van der Waals surface area (Å²) in [6, 6.07) is 11.4. The number of aromatic nitrogens is 1. The molecule has 2 amide bonds. The highest BCUT2D eigenvalue weighted by Gasteiger charge is 2.22. The number of rotatable bonds is 3. The normalized spacial score (nSPS) is 19.0. The van der Waals surface area contributed by atoms with Crippen molar-refractivity contribution in [2.75, 3.05) is 29.9 Å². The van der Waals surface area contributed by atoms with E-state index in [0.29, 0.717) is 12.3 Å². The first kappa shape index (κ1) is 15.7. The highest BCUT2D eigenvalue weighted by molar-refractivity contribution is 5.89. The van der Waals surface area contributed by atoms with Crippen molar-refractivity contribution < 1.29 is 9.53 Å². The van der Waals surface area contributed by atoms with E-state index in [2.05, 4.69) is 20.5 Å². The Morgan fingerprint density at radius 2 is 2.00 bits per heavy atom. The molecular formula is C19H22N4O2. The zero-order chi connectivity index (χ0) is 17.1. The lowest BCUT2D eigenvalue weighted by molar-refractivity contribution is 0.232. The molecule has 2 N–H and O–H groups in total. The van der Waals surface area contributed by atoms with Crippen molar-refractivity contribution in [3.8, 4) is 5.75 Å². The predicted molar refractivity (Wildman–Crippen MR) is 97.1 cm³/mol. The number of para-hydroxylation sites is 1. The number of benzene rings is 1. The largest absolute Gasteiger partial charge is 0.493 e. The highest BCUT2D eigenvalue weighted by atomic mass is 16.5. The monoisotopic (exact) mass is 338 g/mol. The third-order valence-electron chi connectivity index (χ3n) is 4.70. The van der Waals surface area contributed by atoms with Gasteiger partial charge in [-0.05, 0) is 31.0 Å².